The molecule has 1 saturated heterocycles. The van der Waals surface area contributed by atoms with Crippen molar-refractivity contribution < 1.29 is 9.59 Å². The number of nitrogens with zero attached hydrogens (tertiary/aromatic N) is 3. The van der Waals surface area contributed by atoms with Gasteiger partial charge >= 0.3 is 0 Å². The molecule has 0 aromatic carbocycles. The largest absolute Gasteiger partial charge is 0.347 e. The van der Waals surface area contributed by atoms with Gasteiger partial charge in [-0.1, -0.05) is 26.2 Å². The van der Waals surface area contributed by atoms with Crippen LogP contribution in [0.25, 0.3) is 0 Å². The number of hydrogen-bond acceptors (Lipinski definition) is 4. The molecule has 1 aliphatic carbocycles. The SMILES string of the molecule is CCc1ncc(C(=O)N[C@@H]2CC(=O)N(CC3CCCCC3)C2)cn1. The standard InChI is InChI=1S/C18H26N4O2/c1-2-16-19-9-14(10-20-16)18(24)21-15-8-17(23)22(12-15)11-13-6-4-3-5-7-13/h9-10,13,15H,2-8,11-12H2,1H3,(H,21,24)/t15-/m1/s1. The molecular formula is C18H26N4O2. The maximum atomic E-state index is 12.3. The summed E-state index contributed by atoms with van der Waals surface area (Å²) >= 11 is 0. The minimum Gasteiger partial charge on any atom is -0.347 e. The van der Waals surface area contributed by atoms with Gasteiger partial charge < -0.3 is 10.2 Å². The smallest absolute Gasteiger partial charge is 0.254 e. The van der Waals surface area contributed by atoms with Crippen molar-refractivity contribution in [2.75, 3.05) is 13.1 Å². The lowest BCUT2D eigenvalue weighted by atomic mass is 9.89. The first kappa shape index (κ1) is 16.9. The van der Waals surface area contributed by atoms with Crippen molar-refractivity contribution >= 4 is 11.8 Å². The summed E-state index contributed by atoms with van der Waals surface area (Å²) in [7, 11) is 0. The van der Waals surface area contributed by atoms with Gasteiger partial charge in [-0.3, -0.25) is 9.59 Å². The predicted molar refractivity (Wildman–Crippen MR) is 90.4 cm³/mol. The maximum Gasteiger partial charge on any atom is 0.254 e. The molecule has 2 fully saturated rings. The Bertz CT molecular complexity index is 581. The number of amides is 2. The average Bonchev–Trinajstić information content (AvgIpc) is 2.95. The number of nitrogens with one attached hydrogen (secondary N) is 1. The molecule has 1 aromatic rings. The van der Waals surface area contributed by atoms with Crippen molar-refractivity contribution in [3.63, 3.8) is 0 Å². The van der Waals surface area contributed by atoms with E-state index in [1.54, 1.807) is 12.4 Å². The van der Waals surface area contributed by atoms with Crippen LogP contribution in [0.2, 0.25) is 0 Å². The van der Waals surface area contributed by atoms with Crippen LogP contribution in [0.5, 0.6) is 0 Å². The van der Waals surface area contributed by atoms with Crippen LogP contribution in [0.15, 0.2) is 12.4 Å². The number of carbonyl (C=O) groups excluding carboxylic acids is 2. The molecule has 2 aliphatic rings. The van der Waals surface area contributed by atoms with Crippen LogP contribution in [0.3, 0.4) is 0 Å². The van der Waals surface area contributed by atoms with Crippen molar-refractivity contribution in [2.24, 2.45) is 5.92 Å². The van der Waals surface area contributed by atoms with Crippen LogP contribution in [0, 0.1) is 5.92 Å². The molecule has 24 heavy (non-hydrogen) atoms. The number of aryl methyl sites for hydroxylation is 1. The van der Waals surface area contributed by atoms with Gasteiger partial charge in [0.1, 0.15) is 5.82 Å². The van der Waals surface area contributed by atoms with Gasteiger partial charge in [-0.25, -0.2) is 9.97 Å². The zero-order valence-electron chi connectivity index (χ0n) is 14.3. The van der Waals surface area contributed by atoms with E-state index in [1.165, 1.54) is 32.1 Å². The van der Waals surface area contributed by atoms with E-state index >= 15 is 0 Å². The van der Waals surface area contributed by atoms with E-state index in [0.29, 0.717) is 24.4 Å². The van der Waals surface area contributed by atoms with Crippen molar-refractivity contribution in [1.82, 2.24) is 20.2 Å². The average molecular weight is 330 g/mol. The molecule has 0 radical (unpaired) electrons. The molecule has 2 amide bonds. The van der Waals surface area contributed by atoms with Crippen LogP contribution >= 0.6 is 0 Å². The molecular weight excluding hydrogens is 304 g/mol. The monoisotopic (exact) mass is 330 g/mol. The second-order valence-corrected chi connectivity index (χ2v) is 6.92. The lowest BCUT2D eigenvalue weighted by Crippen LogP contribution is -2.38. The summed E-state index contributed by atoms with van der Waals surface area (Å²) in [6, 6.07) is -0.112. The molecule has 6 heteroatoms. The molecule has 1 N–H and O–H groups in total. The van der Waals surface area contributed by atoms with Crippen molar-refractivity contribution in [1.29, 1.82) is 0 Å². The summed E-state index contributed by atoms with van der Waals surface area (Å²) in [4.78, 5) is 34.7. The number of carbonyl (C=O) groups is 2. The van der Waals surface area contributed by atoms with Crippen LogP contribution in [0.1, 0.15) is 61.6 Å². The summed E-state index contributed by atoms with van der Waals surface area (Å²) in [6.45, 7) is 3.44. The summed E-state index contributed by atoms with van der Waals surface area (Å²) in [6.07, 6.45) is 10.6. The van der Waals surface area contributed by atoms with E-state index in [1.807, 2.05) is 11.8 Å². The molecule has 6 nitrogen and oxygen atoms in total. The highest BCUT2D eigenvalue weighted by molar-refractivity contribution is 5.94. The highest BCUT2D eigenvalue weighted by atomic mass is 16.2. The summed E-state index contributed by atoms with van der Waals surface area (Å²) in [5, 5.41) is 2.95. The van der Waals surface area contributed by atoms with E-state index in [-0.39, 0.29) is 17.9 Å². The fourth-order valence-corrected chi connectivity index (χ4v) is 3.65. The van der Waals surface area contributed by atoms with Gasteiger partial charge in [0.05, 0.1) is 11.6 Å². The molecule has 1 atom stereocenters. The van der Waals surface area contributed by atoms with Gasteiger partial charge in [0, 0.05) is 38.3 Å². The number of hydrogen-bond donors (Lipinski definition) is 1. The number of rotatable bonds is 5. The summed E-state index contributed by atoms with van der Waals surface area (Å²) in [5.74, 6) is 1.31. The number of likely N-dealkylation sites (tertiary alicyclic amines) is 1. The highest BCUT2D eigenvalue weighted by Gasteiger charge is 2.32. The highest BCUT2D eigenvalue weighted by Crippen LogP contribution is 2.26. The van der Waals surface area contributed by atoms with Crippen LogP contribution in [-0.2, 0) is 11.2 Å². The quantitative estimate of drug-likeness (QED) is 0.895. The van der Waals surface area contributed by atoms with Gasteiger partial charge in [-0.2, -0.15) is 0 Å². The molecule has 3 rings (SSSR count). The minimum absolute atomic E-state index is 0.112. The first-order valence-corrected chi connectivity index (χ1v) is 9.05. The van der Waals surface area contributed by atoms with E-state index < -0.39 is 0 Å². The van der Waals surface area contributed by atoms with Crippen LogP contribution in [-0.4, -0.2) is 45.8 Å². The molecule has 1 aliphatic heterocycles. The summed E-state index contributed by atoms with van der Waals surface area (Å²) in [5.41, 5.74) is 0.449. The molecule has 0 spiro atoms. The van der Waals surface area contributed by atoms with E-state index in [9.17, 15) is 9.59 Å². The van der Waals surface area contributed by atoms with Gasteiger partial charge in [0.2, 0.25) is 5.91 Å². The number of aromatic nitrogens is 2. The third kappa shape index (κ3) is 4.10. The Morgan fingerprint density at radius 2 is 1.96 bits per heavy atom. The Morgan fingerprint density at radius 3 is 2.62 bits per heavy atom. The van der Waals surface area contributed by atoms with E-state index in [0.717, 1.165) is 18.8 Å². The fraction of sp³-hybridized carbons (Fsp3) is 0.667. The van der Waals surface area contributed by atoms with Crippen LogP contribution in [0.4, 0.5) is 0 Å². The molecule has 1 aromatic heterocycles. The Kier molecular flexibility index (Phi) is 5.43. The first-order valence-electron chi connectivity index (χ1n) is 9.05. The van der Waals surface area contributed by atoms with Gasteiger partial charge in [-0.05, 0) is 18.8 Å². The predicted octanol–water partition coefficient (Wildman–Crippen LogP) is 1.95. The van der Waals surface area contributed by atoms with Crippen molar-refractivity contribution in [2.45, 2.75) is 57.9 Å². The zero-order valence-corrected chi connectivity index (χ0v) is 14.3. The molecule has 0 bridgehead atoms. The molecule has 1 saturated carbocycles. The minimum atomic E-state index is -0.199. The van der Waals surface area contributed by atoms with Crippen LogP contribution < -0.4 is 5.32 Å². The molecule has 2 heterocycles. The lowest BCUT2D eigenvalue weighted by molar-refractivity contribution is -0.128. The lowest BCUT2D eigenvalue weighted by Gasteiger charge is -2.27. The van der Waals surface area contributed by atoms with Gasteiger partial charge in [0.25, 0.3) is 5.91 Å². The zero-order chi connectivity index (χ0) is 16.9. The van der Waals surface area contributed by atoms with Gasteiger partial charge in [0.15, 0.2) is 0 Å². The Hall–Kier alpha value is -1.98. The molecule has 0 unspecified atom stereocenters. The Morgan fingerprint density at radius 1 is 1.25 bits per heavy atom. The Labute approximate surface area is 143 Å². The van der Waals surface area contributed by atoms with E-state index in [4.69, 9.17) is 0 Å². The fourth-order valence-electron chi connectivity index (χ4n) is 3.65. The maximum absolute atomic E-state index is 12.3. The Balaban J connectivity index is 1.52. The molecule has 130 valence electrons. The van der Waals surface area contributed by atoms with E-state index in [2.05, 4.69) is 15.3 Å². The second kappa shape index (κ2) is 7.73. The van der Waals surface area contributed by atoms with Crippen molar-refractivity contribution in [3.8, 4) is 0 Å². The normalized spacial score (nSPS) is 22.0. The van der Waals surface area contributed by atoms with Crippen molar-refractivity contribution in [3.05, 3.63) is 23.8 Å². The third-order valence-electron chi connectivity index (χ3n) is 5.04. The first-order chi connectivity index (χ1) is 11.7. The second-order valence-electron chi connectivity index (χ2n) is 6.92. The third-order valence-corrected chi connectivity index (χ3v) is 5.04. The topological polar surface area (TPSA) is 75.2 Å². The van der Waals surface area contributed by atoms with Gasteiger partial charge in [-0.15, -0.1) is 0 Å². The summed E-state index contributed by atoms with van der Waals surface area (Å²) < 4.78 is 0.